The van der Waals surface area contributed by atoms with Crippen LogP contribution >= 0.6 is 0 Å². The topological polar surface area (TPSA) is 92.8 Å². The molecule has 3 rings (SSSR count). The van der Waals surface area contributed by atoms with Gasteiger partial charge in [-0.25, -0.2) is 13.2 Å². The summed E-state index contributed by atoms with van der Waals surface area (Å²) in [6, 6.07) is 13.5. The lowest BCUT2D eigenvalue weighted by molar-refractivity contribution is -0.130. The maximum Gasteiger partial charge on any atom is 0.338 e. The first-order valence-corrected chi connectivity index (χ1v) is 11.6. The van der Waals surface area contributed by atoms with Crippen molar-refractivity contribution >= 4 is 21.9 Å². The molecule has 31 heavy (non-hydrogen) atoms. The molecule has 1 N–H and O–H groups in total. The van der Waals surface area contributed by atoms with E-state index in [1.165, 1.54) is 35.5 Å². The maximum atomic E-state index is 13.2. The van der Waals surface area contributed by atoms with Crippen LogP contribution in [0.3, 0.4) is 0 Å². The van der Waals surface area contributed by atoms with Crippen LogP contribution in [0.1, 0.15) is 49.2 Å². The predicted octanol–water partition coefficient (Wildman–Crippen LogP) is 2.89. The standard InChI is InChI=1S/C23H28N2O5S/c1-16(21(26)24-23(2,3)4)30-22(27)18-10-7-11-20(14-18)31(28,29)25-13-12-17-8-5-6-9-19(17)15-25/h5-11,14,16H,12-13,15H2,1-4H3,(H,24,26). The number of rotatable bonds is 5. The summed E-state index contributed by atoms with van der Waals surface area (Å²) in [6.45, 7) is 7.62. The van der Waals surface area contributed by atoms with Crippen molar-refractivity contribution in [3.8, 4) is 0 Å². The van der Waals surface area contributed by atoms with Crippen molar-refractivity contribution < 1.29 is 22.7 Å². The Morgan fingerprint density at radius 1 is 1.06 bits per heavy atom. The second-order valence-electron chi connectivity index (χ2n) is 8.67. The molecule has 0 aromatic heterocycles. The maximum absolute atomic E-state index is 13.2. The molecule has 1 aliphatic rings. The van der Waals surface area contributed by atoms with Crippen LogP contribution in [0.25, 0.3) is 0 Å². The van der Waals surface area contributed by atoms with Crippen molar-refractivity contribution in [3.63, 3.8) is 0 Å². The van der Waals surface area contributed by atoms with Gasteiger partial charge in [0.1, 0.15) is 0 Å². The Bertz CT molecular complexity index is 1090. The average Bonchev–Trinajstić information content (AvgIpc) is 2.72. The highest BCUT2D eigenvalue weighted by Gasteiger charge is 2.29. The molecule has 0 bridgehead atoms. The molecular weight excluding hydrogens is 416 g/mol. The van der Waals surface area contributed by atoms with Gasteiger partial charge in [-0.05, 0) is 63.4 Å². The molecular formula is C23H28N2O5S. The van der Waals surface area contributed by atoms with Crippen LogP contribution in [-0.4, -0.2) is 42.8 Å². The first-order valence-electron chi connectivity index (χ1n) is 10.2. The SMILES string of the molecule is CC(OC(=O)c1cccc(S(=O)(=O)N2CCc3ccccc3C2)c1)C(=O)NC(C)(C)C. The Morgan fingerprint density at radius 3 is 2.42 bits per heavy atom. The molecule has 0 spiro atoms. The van der Waals surface area contributed by atoms with Gasteiger partial charge in [0, 0.05) is 18.6 Å². The van der Waals surface area contributed by atoms with Crippen LogP contribution in [0, 0.1) is 0 Å². The van der Waals surface area contributed by atoms with Crippen molar-refractivity contribution in [1.82, 2.24) is 9.62 Å². The number of esters is 1. The smallest absolute Gasteiger partial charge is 0.338 e. The lowest BCUT2D eigenvalue weighted by Gasteiger charge is -2.28. The highest BCUT2D eigenvalue weighted by molar-refractivity contribution is 7.89. The first-order chi connectivity index (χ1) is 14.5. The predicted molar refractivity (Wildman–Crippen MR) is 117 cm³/mol. The van der Waals surface area contributed by atoms with Gasteiger partial charge < -0.3 is 10.1 Å². The lowest BCUT2D eigenvalue weighted by Crippen LogP contribution is -2.46. The van der Waals surface area contributed by atoms with Crippen molar-refractivity contribution in [3.05, 3.63) is 65.2 Å². The molecule has 8 heteroatoms. The number of benzene rings is 2. The monoisotopic (exact) mass is 444 g/mol. The molecule has 2 aromatic rings. The zero-order valence-corrected chi connectivity index (χ0v) is 19.0. The number of ether oxygens (including phenoxy) is 1. The number of hydrogen-bond donors (Lipinski definition) is 1. The van der Waals surface area contributed by atoms with Crippen LogP contribution in [0.4, 0.5) is 0 Å². The lowest BCUT2D eigenvalue weighted by atomic mass is 10.0. The molecule has 1 heterocycles. The fourth-order valence-corrected chi connectivity index (χ4v) is 4.83. The van der Waals surface area contributed by atoms with E-state index in [1.54, 1.807) is 0 Å². The zero-order chi connectivity index (χ0) is 22.8. The van der Waals surface area contributed by atoms with Gasteiger partial charge in [-0.2, -0.15) is 4.31 Å². The van der Waals surface area contributed by atoms with Crippen molar-refractivity contribution in [2.45, 2.75) is 57.2 Å². The van der Waals surface area contributed by atoms with E-state index in [0.29, 0.717) is 13.0 Å². The fourth-order valence-electron chi connectivity index (χ4n) is 3.36. The van der Waals surface area contributed by atoms with Crippen LogP contribution < -0.4 is 5.32 Å². The summed E-state index contributed by atoms with van der Waals surface area (Å²) in [4.78, 5) is 24.7. The van der Waals surface area contributed by atoms with E-state index < -0.39 is 33.5 Å². The van der Waals surface area contributed by atoms with Gasteiger partial charge in [-0.1, -0.05) is 30.3 Å². The highest BCUT2D eigenvalue weighted by Crippen LogP contribution is 2.25. The van der Waals surface area contributed by atoms with E-state index in [1.807, 2.05) is 45.0 Å². The van der Waals surface area contributed by atoms with Crippen LogP contribution in [0.5, 0.6) is 0 Å². The number of amides is 1. The van der Waals surface area contributed by atoms with Crippen molar-refractivity contribution in [2.75, 3.05) is 6.54 Å². The average molecular weight is 445 g/mol. The van der Waals surface area contributed by atoms with Gasteiger partial charge in [0.05, 0.1) is 10.5 Å². The molecule has 1 atom stereocenters. The Balaban J connectivity index is 1.75. The van der Waals surface area contributed by atoms with E-state index >= 15 is 0 Å². The second kappa shape index (κ2) is 8.80. The van der Waals surface area contributed by atoms with Crippen LogP contribution in [0.15, 0.2) is 53.4 Å². The largest absolute Gasteiger partial charge is 0.449 e. The molecule has 1 unspecified atom stereocenters. The molecule has 0 aliphatic carbocycles. The zero-order valence-electron chi connectivity index (χ0n) is 18.2. The minimum atomic E-state index is -3.78. The summed E-state index contributed by atoms with van der Waals surface area (Å²) in [7, 11) is -3.78. The van der Waals surface area contributed by atoms with E-state index in [4.69, 9.17) is 4.74 Å². The molecule has 7 nitrogen and oxygen atoms in total. The number of sulfonamides is 1. The molecule has 0 saturated carbocycles. The number of carbonyl (C=O) groups excluding carboxylic acids is 2. The number of nitrogens with zero attached hydrogens (tertiary/aromatic N) is 1. The van der Waals surface area contributed by atoms with E-state index in [-0.39, 0.29) is 17.0 Å². The fraction of sp³-hybridized carbons (Fsp3) is 0.391. The summed E-state index contributed by atoms with van der Waals surface area (Å²) < 4.78 is 33.0. The van der Waals surface area contributed by atoms with Gasteiger partial charge >= 0.3 is 5.97 Å². The minimum Gasteiger partial charge on any atom is -0.449 e. The van der Waals surface area contributed by atoms with Gasteiger partial charge in [0.25, 0.3) is 5.91 Å². The van der Waals surface area contributed by atoms with Crippen molar-refractivity contribution in [1.29, 1.82) is 0 Å². The highest BCUT2D eigenvalue weighted by atomic mass is 32.2. The van der Waals surface area contributed by atoms with E-state index in [0.717, 1.165) is 11.1 Å². The molecule has 166 valence electrons. The third-order valence-electron chi connectivity index (χ3n) is 4.95. The third kappa shape index (κ3) is 5.51. The summed E-state index contributed by atoms with van der Waals surface area (Å²) in [5.74, 6) is -1.17. The third-order valence-corrected chi connectivity index (χ3v) is 6.80. The van der Waals surface area contributed by atoms with Crippen molar-refractivity contribution in [2.24, 2.45) is 0 Å². The second-order valence-corrected chi connectivity index (χ2v) is 10.6. The minimum absolute atomic E-state index is 0.0214. The Kier molecular flexibility index (Phi) is 6.52. The Labute approximate surface area is 183 Å². The number of fused-ring (bicyclic) bond motifs is 1. The first kappa shape index (κ1) is 23.0. The summed E-state index contributed by atoms with van der Waals surface area (Å²) in [5, 5.41) is 2.74. The molecule has 0 fully saturated rings. The van der Waals surface area contributed by atoms with Gasteiger partial charge in [0.2, 0.25) is 10.0 Å². The molecule has 1 amide bonds. The van der Waals surface area contributed by atoms with Crippen LogP contribution in [0.2, 0.25) is 0 Å². The Hall–Kier alpha value is -2.71. The summed E-state index contributed by atoms with van der Waals surface area (Å²) in [6.07, 6.45) is -0.372. The summed E-state index contributed by atoms with van der Waals surface area (Å²) in [5.41, 5.74) is 1.74. The van der Waals surface area contributed by atoms with Gasteiger partial charge in [0.15, 0.2) is 6.10 Å². The molecule has 1 aliphatic heterocycles. The summed E-state index contributed by atoms with van der Waals surface area (Å²) >= 11 is 0. The van der Waals surface area contributed by atoms with Gasteiger partial charge in [-0.3, -0.25) is 4.79 Å². The quantitative estimate of drug-likeness (QED) is 0.716. The number of hydrogen-bond acceptors (Lipinski definition) is 5. The Morgan fingerprint density at radius 2 is 1.74 bits per heavy atom. The number of nitrogens with one attached hydrogen (secondary N) is 1. The normalized spacial score (nSPS) is 15.6. The van der Waals surface area contributed by atoms with Gasteiger partial charge in [-0.15, -0.1) is 0 Å². The molecule has 0 radical (unpaired) electrons. The van der Waals surface area contributed by atoms with E-state index in [9.17, 15) is 18.0 Å². The van der Waals surface area contributed by atoms with Crippen LogP contribution in [-0.2, 0) is 32.5 Å². The van der Waals surface area contributed by atoms with E-state index in [2.05, 4.69) is 5.32 Å². The number of carbonyl (C=O) groups is 2. The molecule has 0 saturated heterocycles. The molecule has 2 aromatic carbocycles.